The molecule has 0 amide bonds. The number of benzene rings is 1. The molecule has 0 radical (unpaired) electrons. The summed E-state index contributed by atoms with van der Waals surface area (Å²) < 4.78 is 4.62. The second-order valence-electron chi connectivity index (χ2n) is 6.13. The van der Waals surface area contributed by atoms with Gasteiger partial charge >= 0.3 is 5.97 Å². The van der Waals surface area contributed by atoms with Crippen molar-refractivity contribution in [1.82, 2.24) is 0 Å². The Morgan fingerprint density at radius 2 is 1.70 bits per heavy atom. The van der Waals surface area contributed by atoms with Crippen molar-refractivity contribution in [3.63, 3.8) is 0 Å². The SMILES string of the molecule is CCCCCCCCc1ccc(/C=C/CCCC(=O)OC)cc1. The van der Waals surface area contributed by atoms with Gasteiger partial charge in [0.25, 0.3) is 0 Å². The van der Waals surface area contributed by atoms with E-state index in [0.717, 1.165) is 12.8 Å². The lowest BCUT2D eigenvalue weighted by Gasteiger charge is -2.03. The molecule has 0 aliphatic carbocycles. The zero-order valence-electron chi connectivity index (χ0n) is 14.9. The molecule has 2 nitrogen and oxygen atoms in total. The summed E-state index contributed by atoms with van der Waals surface area (Å²) in [6.07, 6.45) is 15.8. The molecule has 0 atom stereocenters. The Kier molecular flexibility index (Phi) is 10.9. The Bertz CT molecular complexity index is 445. The van der Waals surface area contributed by atoms with Gasteiger partial charge in [-0.05, 0) is 36.8 Å². The van der Waals surface area contributed by atoms with E-state index in [1.54, 1.807) is 0 Å². The summed E-state index contributed by atoms with van der Waals surface area (Å²) in [5.41, 5.74) is 2.66. The molecule has 0 aliphatic rings. The number of ether oxygens (including phenoxy) is 1. The van der Waals surface area contributed by atoms with Crippen molar-refractivity contribution in [3.05, 3.63) is 41.5 Å². The maximum Gasteiger partial charge on any atom is 0.305 e. The summed E-state index contributed by atoms with van der Waals surface area (Å²) in [5, 5.41) is 0. The van der Waals surface area contributed by atoms with Crippen molar-refractivity contribution in [3.8, 4) is 0 Å². The van der Waals surface area contributed by atoms with Gasteiger partial charge in [0.2, 0.25) is 0 Å². The Morgan fingerprint density at radius 3 is 2.39 bits per heavy atom. The Labute approximate surface area is 141 Å². The summed E-state index contributed by atoms with van der Waals surface area (Å²) >= 11 is 0. The number of allylic oxidation sites excluding steroid dienone is 1. The molecule has 0 spiro atoms. The summed E-state index contributed by atoms with van der Waals surface area (Å²) in [4.78, 5) is 11.0. The van der Waals surface area contributed by atoms with Gasteiger partial charge in [-0.3, -0.25) is 4.79 Å². The molecule has 1 rings (SSSR count). The minimum atomic E-state index is -0.127. The van der Waals surface area contributed by atoms with Crippen LogP contribution in [0.1, 0.15) is 75.8 Å². The van der Waals surface area contributed by atoms with Gasteiger partial charge in [0, 0.05) is 6.42 Å². The first-order chi connectivity index (χ1) is 11.3. The molecule has 1 aromatic carbocycles. The summed E-state index contributed by atoms with van der Waals surface area (Å²) in [6, 6.07) is 8.84. The van der Waals surface area contributed by atoms with E-state index in [0.29, 0.717) is 6.42 Å². The molecular weight excluding hydrogens is 284 g/mol. The summed E-state index contributed by atoms with van der Waals surface area (Å²) in [7, 11) is 1.44. The van der Waals surface area contributed by atoms with Crippen LogP contribution >= 0.6 is 0 Å². The highest BCUT2D eigenvalue weighted by molar-refractivity contribution is 5.69. The maximum absolute atomic E-state index is 11.0. The normalized spacial score (nSPS) is 11.0. The zero-order valence-corrected chi connectivity index (χ0v) is 14.9. The second-order valence-corrected chi connectivity index (χ2v) is 6.13. The van der Waals surface area contributed by atoms with E-state index in [1.807, 2.05) is 0 Å². The number of carbonyl (C=O) groups excluding carboxylic acids is 1. The van der Waals surface area contributed by atoms with Gasteiger partial charge in [0.15, 0.2) is 0 Å². The van der Waals surface area contributed by atoms with Gasteiger partial charge in [-0.25, -0.2) is 0 Å². The zero-order chi connectivity index (χ0) is 16.8. The molecule has 0 aliphatic heterocycles. The van der Waals surface area contributed by atoms with Crippen molar-refractivity contribution < 1.29 is 9.53 Å². The predicted octanol–water partition coefficient (Wildman–Crippen LogP) is 5.95. The maximum atomic E-state index is 11.0. The summed E-state index contributed by atoms with van der Waals surface area (Å²) in [5.74, 6) is -0.127. The van der Waals surface area contributed by atoms with Crippen LogP contribution < -0.4 is 0 Å². The Morgan fingerprint density at radius 1 is 1.00 bits per heavy atom. The molecular formula is C21H32O2. The third kappa shape index (κ3) is 9.93. The van der Waals surface area contributed by atoms with Gasteiger partial charge in [-0.15, -0.1) is 0 Å². The largest absolute Gasteiger partial charge is 0.469 e. The quantitative estimate of drug-likeness (QED) is 0.352. The van der Waals surface area contributed by atoms with Crippen LogP contribution in [0.4, 0.5) is 0 Å². The fourth-order valence-electron chi connectivity index (χ4n) is 2.59. The first-order valence-corrected chi connectivity index (χ1v) is 9.08. The molecule has 23 heavy (non-hydrogen) atoms. The lowest BCUT2D eigenvalue weighted by Crippen LogP contribution is -1.98. The fourth-order valence-corrected chi connectivity index (χ4v) is 2.59. The average Bonchev–Trinajstić information content (AvgIpc) is 2.58. The van der Waals surface area contributed by atoms with Gasteiger partial charge in [-0.1, -0.05) is 75.4 Å². The smallest absolute Gasteiger partial charge is 0.305 e. The van der Waals surface area contributed by atoms with Crippen LogP contribution in [-0.2, 0) is 16.0 Å². The second kappa shape index (κ2) is 12.9. The number of aryl methyl sites for hydroxylation is 1. The number of hydrogen-bond donors (Lipinski definition) is 0. The van der Waals surface area contributed by atoms with Crippen molar-refractivity contribution >= 4 is 12.0 Å². The number of methoxy groups -OCH3 is 1. The summed E-state index contributed by atoms with van der Waals surface area (Å²) in [6.45, 7) is 2.26. The molecule has 0 saturated carbocycles. The van der Waals surface area contributed by atoms with Crippen molar-refractivity contribution in [2.24, 2.45) is 0 Å². The minimum absolute atomic E-state index is 0.127. The Balaban J connectivity index is 2.18. The molecule has 0 N–H and O–H groups in total. The van der Waals surface area contributed by atoms with E-state index in [9.17, 15) is 4.79 Å². The molecule has 1 aromatic rings. The van der Waals surface area contributed by atoms with E-state index in [-0.39, 0.29) is 5.97 Å². The fraction of sp³-hybridized carbons (Fsp3) is 0.571. The van der Waals surface area contributed by atoms with E-state index in [1.165, 1.54) is 63.2 Å². The van der Waals surface area contributed by atoms with E-state index in [2.05, 4.69) is 48.1 Å². The Hall–Kier alpha value is -1.57. The molecule has 0 heterocycles. The van der Waals surface area contributed by atoms with Crippen LogP contribution in [0.2, 0.25) is 0 Å². The third-order valence-corrected chi connectivity index (χ3v) is 4.09. The van der Waals surface area contributed by atoms with Crippen molar-refractivity contribution in [2.45, 2.75) is 71.1 Å². The number of unbranched alkanes of at least 4 members (excludes halogenated alkanes) is 6. The number of hydrogen-bond acceptors (Lipinski definition) is 2. The predicted molar refractivity (Wildman–Crippen MR) is 98.4 cm³/mol. The van der Waals surface area contributed by atoms with Crippen molar-refractivity contribution in [2.75, 3.05) is 7.11 Å². The number of rotatable bonds is 12. The van der Waals surface area contributed by atoms with Gasteiger partial charge in [0.1, 0.15) is 0 Å². The van der Waals surface area contributed by atoms with Crippen LogP contribution in [0.3, 0.4) is 0 Å². The van der Waals surface area contributed by atoms with Crippen LogP contribution in [0, 0.1) is 0 Å². The monoisotopic (exact) mass is 316 g/mol. The molecule has 0 unspecified atom stereocenters. The lowest BCUT2D eigenvalue weighted by atomic mass is 10.0. The van der Waals surface area contributed by atoms with Crippen LogP contribution in [-0.4, -0.2) is 13.1 Å². The molecule has 0 aromatic heterocycles. The van der Waals surface area contributed by atoms with Crippen LogP contribution in [0.15, 0.2) is 30.3 Å². The van der Waals surface area contributed by atoms with Crippen LogP contribution in [0.25, 0.3) is 6.08 Å². The van der Waals surface area contributed by atoms with Crippen molar-refractivity contribution in [1.29, 1.82) is 0 Å². The highest BCUT2D eigenvalue weighted by atomic mass is 16.5. The van der Waals surface area contributed by atoms with E-state index < -0.39 is 0 Å². The van der Waals surface area contributed by atoms with Gasteiger partial charge in [0.05, 0.1) is 7.11 Å². The number of carbonyl (C=O) groups is 1. The first kappa shape index (κ1) is 19.5. The standard InChI is InChI=1S/C21H32O2/c1-3-4-5-6-7-9-12-19-15-17-20(18-16-19)13-10-8-11-14-21(22)23-2/h10,13,15-18H,3-9,11-12,14H2,1-2H3/b13-10+. The van der Waals surface area contributed by atoms with Gasteiger partial charge < -0.3 is 4.74 Å². The number of esters is 1. The highest BCUT2D eigenvalue weighted by Crippen LogP contribution is 2.12. The lowest BCUT2D eigenvalue weighted by molar-refractivity contribution is -0.140. The molecule has 2 heteroatoms. The molecule has 0 bridgehead atoms. The van der Waals surface area contributed by atoms with E-state index >= 15 is 0 Å². The third-order valence-electron chi connectivity index (χ3n) is 4.09. The molecule has 0 saturated heterocycles. The highest BCUT2D eigenvalue weighted by Gasteiger charge is 1.97. The van der Waals surface area contributed by atoms with Gasteiger partial charge in [-0.2, -0.15) is 0 Å². The average molecular weight is 316 g/mol. The van der Waals surface area contributed by atoms with E-state index in [4.69, 9.17) is 0 Å². The minimum Gasteiger partial charge on any atom is -0.469 e. The first-order valence-electron chi connectivity index (χ1n) is 9.08. The van der Waals surface area contributed by atoms with Crippen LogP contribution in [0.5, 0.6) is 0 Å². The molecule has 0 fully saturated rings. The topological polar surface area (TPSA) is 26.3 Å². The molecule has 128 valence electrons.